The summed E-state index contributed by atoms with van der Waals surface area (Å²) in [5, 5.41) is 2.97. The Labute approximate surface area is 131 Å². The summed E-state index contributed by atoms with van der Waals surface area (Å²) in [7, 11) is 0. The summed E-state index contributed by atoms with van der Waals surface area (Å²) < 4.78 is 6.40. The van der Waals surface area contributed by atoms with E-state index in [1.165, 1.54) is 0 Å². The highest BCUT2D eigenvalue weighted by Crippen LogP contribution is 2.57. The average molecular weight is 350 g/mol. The highest BCUT2D eigenvalue weighted by molar-refractivity contribution is 9.10. The number of carbonyl (C=O) groups is 2. The summed E-state index contributed by atoms with van der Waals surface area (Å²) in [5.74, 6) is -0.0722. The third-order valence-corrected chi connectivity index (χ3v) is 6.10. The fourth-order valence-electron chi connectivity index (χ4n) is 4.31. The van der Waals surface area contributed by atoms with Gasteiger partial charge in [0.05, 0.1) is 11.8 Å². The quantitative estimate of drug-likeness (QED) is 0.835. The number of anilines is 1. The van der Waals surface area contributed by atoms with Crippen molar-refractivity contribution in [1.29, 1.82) is 0 Å². The van der Waals surface area contributed by atoms with E-state index in [0.717, 1.165) is 28.6 Å². The molecule has 21 heavy (non-hydrogen) atoms. The van der Waals surface area contributed by atoms with Crippen LogP contribution in [0.4, 0.5) is 5.69 Å². The second kappa shape index (κ2) is 4.57. The van der Waals surface area contributed by atoms with Gasteiger partial charge in [0.15, 0.2) is 0 Å². The molecule has 3 fully saturated rings. The van der Waals surface area contributed by atoms with E-state index < -0.39 is 0 Å². The van der Waals surface area contributed by atoms with Crippen molar-refractivity contribution >= 4 is 33.5 Å². The number of aryl methyl sites for hydroxylation is 1. The molecule has 1 aliphatic heterocycles. The Morgan fingerprint density at radius 3 is 2.95 bits per heavy atom. The molecule has 1 aromatic rings. The van der Waals surface area contributed by atoms with Crippen molar-refractivity contribution in [2.24, 2.45) is 23.7 Å². The lowest BCUT2D eigenvalue weighted by Gasteiger charge is -2.23. The first-order valence-electron chi connectivity index (χ1n) is 7.32. The summed E-state index contributed by atoms with van der Waals surface area (Å²) in [6.45, 7) is 1.98. The van der Waals surface area contributed by atoms with Crippen LogP contribution in [0.1, 0.15) is 18.4 Å². The van der Waals surface area contributed by atoms with Crippen molar-refractivity contribution in [2.75, 3.05) is 5.32 Å². The molecule has 0 spiro atoms. The molecule has 0 unspecified atom stereocenters. The van der Waals surface area contributed by atoms with Crippen molar-refractivity contribution in [1.82, 2.24) is 0 Å². The third-order valence-electron chi connectivity index (χ3n) is 5.21. The maximum atomic E-state index is 12.6. The van der Waals surface area contributed by atoms with E-state index in [-0.39, 0.29) is 35.7 Å². The number of hydrogen-bond acceptors (Lipinski definition) is 3. The topological polar surface area (TPSA) is 55.4 Å². The van der Waals surface area contributed by atoms with Crippen molar-refractivity contribution in [2.45, 2.75) is 25.9 Å². The number of carbonyl (C=O) groups excluding carboxylic acids is 2. The summed E-state index contributed by atoms with van der Waals surface area (Å²) in [4.78, 5) is 24.6. The molecule has 1 saturated heterocycles. The Morgan fingerprint density at radius 1 is 1.38 bits per heavy atom. The molecule has 1 aromatic carbocycles. The van der Waals surface area contributed by atoms with Gasteiger partial charge in [0.2, 0.25) is 5.91 Å². The molecule has 0 aromatic heterocycles. The van der Waals surface area contributed by atoms with Crippen molar-refractivity contribution in [3.8, 4) is 0 Å². The predicted octanol–water partition coefficient (Wildman–Crippen LogP) is 2.89. The SMILES string of the molecule is Cc1cc(NC(=O)[C@H]2[C@H]3C[C@@H]4[C@@H]2C(=O)O[C@@H]4C3)ccc1Br. The van der Waals surface area contributed by atoms with Gasteiger partial charge in [-0.25, -0.2) is 0 Å². The molecule has 2 aliphatic carbocycles. The van der Waals surface area contributed by atoms with Gasteiger partial charge in [0.1, 0.15) is 6.10 Å². The molecule has 5 heteroatoms. The molecule has 2 bridgehead atoms. The number of nitrogens with one attached hydrogen (secondary N) is 1. The minimum atomic E-state index is -0.217. The molecule has 2 saturated carbocycles. The van der Waals surface area contributed by atoms with Gasteiger partial charge in [-0.3, -0.25) is 9.59 Å². The molecule has 3 aliphatic rings. The van der Waals surface area contributed by atoms with Crippen LogP contribution in [0.25, 0.3) is 0 Å². The first kappa shape index (κ1) is 13.3. The Hall–Kier alpha value is -1.36. The zero-order chi connectivity index (χ0) is 14.7. The van der Waals surface area contributed by atoms with Crippen LogP contribution < -0.4 is 5.32 Å². The van der Waals surface area contributed by atoms with Crippen LogP contribution >= 0.6 is 15.9 Å². The van der Waals surface area contributed by atoms with Gasteiger partial charge >= 0.3 is 5.97 Å². The normalized spacial score (nSPS) is 35.9. The molecule has 4 rings (SSSR count). The van der Waals surface area contributed by atoms with E-state index >= 15 is 0 Å². The number of amides is 1. The monoisotopic (exact) mass is 349 g/mol. The number of hydrogen-bond donors (Lipinski definition) is 1. The molecule has 0 radical (unpaired) electrons. The number of fused-ring (bicyclic) bond motifs is 1. The van der Waals surface area contributed by atoms with E-state index in [1.807, 2.05) is 25.1 Å². The molecule has 5 atom stereocenters. The smallest absolute Gasteiger partial charge is 0.310 e. The number of benzene rings is 1. The second-order valence-electron chi connectivity index (χ2n) is 6.38. The van der Waals surface area contributed by atoms with Gasteiger partial charge in [0.25, 0.3) is 0 Å². The van der Waals surface area contributed by atoms with E-state index in [4.69, 9.17) is 4.74 Å². The number of esters is 1. The minimum absolute atomic E-state index is 0.0356. The summed E-state index contributed by atoms with van der Waals surface area (Å²) in [6.07, 6.45) is 1.88. The maximum Gasteiger partial charge on any atom is 0.310 e. The Bertz CT molecular complexity index is 642. The summed E-state index contributed by atoms with van der Waals surface area (Å²) in [6, 6.07) is 5.73. The van der Waals surface area contributed by atoms with Crippen molar-refractivity contribution < 1.29 is 14.3 Å². The van der Waals surface area contributed by atoms with Gasteiger partial charge in [-0.05, 0) is 49.4 Å². The lowest BCUT2D eigenvalue weighted by molar-refractivity contribution is -0.145. The predicted molar refractivity (Wildman–Crippen MR) is 80.6 cm³/mol. The Morgan fingerprint density at radius 2 is 2.19 bits per heavy atom. The van der Waals surface area contributed by atoms with Gasteiger partial charge in [-0.2, -0.15) is 0 Å². The zero-order valence-electron chi connectivity index (χ0n) is 11.6. The summed E-state index contributed by atoms with van der Waals surface area (Å²) >= 11 is 3.45. The van der Waals surface area contributed by atoms with Crippen LogP contribution in [0.2, 0.25) is 0 Å². The van der Waals surface area contributed by atoms with Gasteiger partial charge in [-0.15, -0.1) is 0 Å². The maximum absolute atomic E-state index is 12.6. The lowest BCUT2D eigenvalue weighted by Crippen LogP contribution is -2.35. The van der Waals surface area contributed by atoms with E-state index in [9.17, 15) is 9.59 Å². The molecule has 4 nitrogen and oxygen atoms in total. The largest absolute Gasteiger partial charge is 0.462 e. The zero-order valence-corrected chi connectivity index (χ0v) is 13.2. The van der Waals surface area contributed by atoms with Crippen molar-refractivity contribution in [3.63, 3.8) is 0 Å². The molecular weight excluding hydrogens is 334 g/mol. The highest BCUT2D eigenvalue weighted by atomic mass is 79.9. The second-order valence-corrected chi connectivity index (χ2v) is 7.23. The van der Waals surface area contributed by atoms with Crippen molar-refractivity contribution in [3.05, 3.63) is 28.2 Å². The molecular formula is C16H16BrNO3. The molecule has 1 N–H and O–H groups in total. The van der Waals surface area contributed by atoms with E-state index in [2.05, 4.69) is 21.2 Å². The Kier molecular flexibility index (Phi) is 2.89. The molecule has 1 heterocycles. The van der Waals surface area contributed by atoms with Crippen LogP contribution in [0.5, 0.6) is 0 Å². The first-order chi connectivity index (χ1) is 10.0. The van der Waals surface area contributed by atoms with Gasteiger partial charge in [0, 0.05) is 16.1 Å². The fourth-order valence-corrected chi connectivity index (χ4v) is 4.56. The van der Waals surface area contributed by atoms with Crippen LogP contribution in [0.15, 0.2) is 22.7 Å². The fraction of sp³-hybridized carbons (Fsp3) is 0.500. The number of halogens is 1. The standard InChI is InChI=1S/C16H16BrNO3/c1-7-4-9(2-3-11(7)17)18-15(19)13-8-5-10-12(6-8)21-16(20)14(10)13/h2-4,8,10,12-14H,5-6H2,1H3,(H,18,19)/t8-,10-,12+,13-,14-/m0/s1. The van der Waals surface area contributed by atoms with Crippen LogP contribution in [0, 0.1) is 30.6 Å². The van der Waals surface area contributed by atoms with Gasteiger partial charge < -0.3 is 10.1 Å². The average Bonchev–Trinajstić information content (AvgIpc) is 3.04. The first-order valence-corrected chi connectivity index (χ1v) is 8.11. The highest BCUT2D eigenvalue weighted by Gasteiger charge is 2.63. The lowest BCUT2D eigenvalue weighted by atomic mass is 9.79. The number of rotatable bonds is 2. The Balaban J connectivity index is 1.55. The summed E-state index contributed by atoms with van der Waals surface area (Å²) in [5.41, 5.74) is 1.85. The van der Waals surface area contributed by atoms with Crippen LogP contribution in [0.3, 0.4) is 0 Å². The molecule has 1 amide bonds. The number of ether oxygens (including phenoxy) is 1. The van der Waals surface area contributed by atoms with Gasteiger partial charge in [-0.1, -0.05) is 15.9 Å². The van der Waals surface area contributed by atoms with Crippen LogP contribution in [-0.4, -0.2) is 18.0 Å². The van der Waals surface area contributed by atoms with E-state index in [1.54, 1.807) is 0 Å². The van der Waals surface area contributed by atoms with Crippen LogP contribution in [-0.2, 0) is 14.3 Å². The minimum Gasteiger partial charge on any atom is -0.462 e. The molecule has 110 valence electrons. The third kappa shape index (κ3) is 1.94. The van der Waals surface area contributed by atoms with E-state index in [0.29, 0.717) is 5.92 Å².